The van der Waals surface area contributed by atoms with Crippen molar-refractivity contribution < 1.29 is 9.90 Å². The normalized spacial score (nSPS) is 16.9. The fraction of sp³-hybridized carbons (Fsp3) is 0.533. The molecule has 0 bridgehead atoms. The topological polar surface area (TPSA) is 40.5 Å². The van der Waals surface area contributed by atoms with Gasteiger partial charge >= 0.3 is 0 Å². The summed E-state index contributed by atoms with van der Waals surface area (Å²) in [6.45, 7) is 1.03. The number of carbonyl (C=O) groups is 1. The van der Waals surface area contributed by atoms with Crippen LogP contribution in [-0.2, 0) is 11.2 Å². The first-order valence-electron chi connectivity index (χ1n) is 6.67. The first kappa shape index (κ1) is 13.1. The minimum absolute atomic E-state index is 0.0732. The smallest absolute Gasteiger partial charge is 0.230 e. The van der Waals surface area contributed by atoms with E-state index in [-0.39, 0.29) is 18.4 Å². The van der Waals surface area contributed by atoms with Crippen LogP contribution in [0.2, 0.25) is 0 Å². The van der Waals surface area contributed by atoms with Gasteiger partial charge in [0, 0.05) is 20.2 Å². The van der Waals surface area contributed by atoms with E-state index in [1.165, 1.54) is 11.1 Å². The zero-order valence-corrected chi connectivity index (χ0v) is 10.9. The molecule has 2 rings (SSSR count). The minimum Gasteiger partial charge on any atom is -0.396 e. The van der Waals surface area contributed by atoms with Gasteiger partial charge in [-0.3, -0.25) is 4.79 Å². The molecular formula is C15H21NO2. The van der Waals surface area contributed by atoms with E-state index in [1.807, 2.05) is 24.1 Å². The van der Waals surface area contributed by atoms with E-state index >= 15 is 0 Å². The summed E-state index contributed by atoms with van der Waals surface area (Å²) in [6, 6.07) is 8.18. The molecule has 0 heterocycles. The molecule has 3 nitrogen and oxygen atoms in total. The van der Waals surface area contributed by atoms with Gasteiger partial charge in [0.15, 0.2) is 0 Å². The highest BCUT2D eigenvalue weighted by Gasteiger charge is 2.33. The fourth-order valence-corrected chi connectivity index (χ4v) is 2.49. The largest absolute Gasteiger partial charge is 0.396 e. The molecule has 0 saturated carbocycles. The van der Waals surface area contributed by atoms with E-state index in [0.29, 0.717) is 0 Å². The molecule has 0 fully saturated rings. The van der Waals surface area contributed by atoms with Crippen molar-refractivity contribution >= 4 is 5.91 Å². The maximum atomic E-state index is 12.2. The number of unbranched alkanes of at least 4 members (excludes halogenated alkanes) is 2. The maximum absolute atomic E-state index is 12.2. The van der Waals surface area contributed by atoms with Crippen molar-refractivity contribution in [2.24, 2.45) is 0 Å². The van der Waals surface area contributed by atoms with Crippen LogP contribution in [0.25, 0.3) is 0 Å². The second kappa shape index (κ2) is 6.01. The SMILES string of the molecule is CN(CCCCCO)C(=O)C1Cc2ccccc21. The number of benzene rings is 1. The van der Waals surface area contributed by atoms with Crippen molar-refractivity contribution in [3.63, 3.8) is 0 Å². The summed E-state index contributed by atoms with van der Waals surface area (Å²) in [5, 5.41) is 8.70. The van der Waals surface area contributed by atoms with Crippen LogP contribution in [-0.4, -0.2) is 36.1 Å². The predicted molar refractivity (Wildman–Crippen MR) is 71.5 cm³/mol. The van der Waals surface area contributed by atoms with Crippen LogP contribution in [0, 0.1) is 0 Å². The standard InChI is InChI=1S/C15H21NO2/c1-16(9-5-2-6-10-17)15(18)14-11-12-7-3-4-8-13(12)14/h3-4,7-8,14,17H,2,5-6,9-11H2,1H3. The van der Waals surface area contributed by atoms with Gasteiger partial charge in [-0.25, -0.2) is 0 Å². The molecule has 1 atom stereocenters. The number of aliphatic hydroxyl groups excluding tert-OH is 1. The Labute approximate surface area is 108 Å². The van der Waals surface area contributed by atoms with E-state index in [4.69, 9.17) is 5.11 Å². The third-order valence-corrected chi connectivity index (χ3v) is 3.68. The van der Waals surface area contributed by atoms with Crippen LogP contribution in [0.4, 0.5) is 0 Å². The Kier molecular flexibility index (Phi) is 4.37. The molecule has 0 aliphatic heterocycles. The quantitative estimate of drug-likeness (QED) is 0.781. The van der Waals surface area contributed by atoms with E-state index < -0.39 is 0 Å². The first-order chi connectivity index (χ1) is 8.74. The van der Waals surface area contributed by atoms with Crippen LogP contribution in [0.1, 0.15) is 36.3 Å². The summed E-state index contributed by atoms with van der Waals surface area (Å²) >= 11 is 0. The number of rotatable bonds is 6. The van der Waals surface area contributed by atoms with Gasteiger partial charge in [-0.05, 0) is 36.8 Å². The number of hydrogen-bond donors (Lipinski definition) is 1. The molecule has 18 heavy (non-hydrogen) atoms. The molecule has 1 aliphatic carbocycles. The highest BCUT2D eigenvalue weighted by molar-refractivity contribution is 5.86. The molecule has 1 aliphatic rings. The molecule has 98 valence electrons. The molecule has 0 radical (unpaired) electrons. The Hall–Kier alpha value is -1.35. The number of fused-ring (bicyclic) bond motifs is 1. The van der Waals surface area contributed by atoms with Crippen molar-refractivity contribution in [3.05, 3.63) is 35.4 Å². The first-order valence-corrected chi connectivity index (χ1v) is 6.67. The van der Waals surface area contributed by atoms with Crippen LogP contribution in [0.3, 0.4) is 0 Å². The molecule has 0 spiro atoms. The van der Waals surface area contributed by atoms with E-state index in [1.54, 1.807) is 0 Å². The fourth-order valence-electron chi connectivity index (χ4n) is 2.49. The molecule has 1 aromatic rings. The zero-order valence-electron chi connectivity index (χ0n) is 10.9. The van der Waals surface area contributed by atoms with E-state index in [0.717, 1.165) is 32.2 Å². The summed E-state index contributed by atoms with van der Waals surface area (Å²) in [6.07, 6.45) is 3.66. The lowest BCUT2D eigenvalue weighted by Crippen LogP contribution is -2.37. The summed E-state index contributed by atoms with van der Waals surface area (Å²) in [5.74, 6) is 0.307. The Morgan fingerprint density at radius 1 is 1.33 bits per heavy atom. The monoisotopic (exact) mass is 247 g/mol. The van der Waals surface area contributed by atoms with Gasteiger partial charge in [0.05, 0.1) is 5.92 Å². The summed E-state index contributed by atoms with van der Waals surface area (Å²) in [5.41, 5.74) is 2.51. The van der Waals surface area contributed by atoms with Gasteiger partial charge in [-0.15, -0.1) is 0 Å². The maximum Gasteiger partial charge on any atom is 0.230 e. The molecule has 3 heteroatoms. The predicted octanol–water partition coefficient (Wildman–Crippen LogP) is 1.95. The van der Waals surface area contributed by atoms with Crippen LogP contribution in [0.5, 0.6) is 0 Å². The lowest BCUT2D eigenvalue weighted by molar-refractivity contribution is -0.132. The summed E-state index contributed by atoms with van der Waals surface area (Å²) in [7, 11) is 1.88. The van der Waals surface area contributed by atoms with Gasteiger partial charge in [0.2, 0.25) is 5.91 Å². The molecular weight excluding hydrogens is 226 g/mol. The van der Waals surface area contributed by atoms with Gasteiger partial charge in [0.25, 0.3) is 0 Å². The number of nitrogens with zero attached hydrogens (tertiary/aromatic N) is 1. The van der Waals surface area contributed by atoms with Gasteiger partial charge in [-0.2, -0.15) is 0 Å². The lowest BCUT2D eigenvalue weighted by Gasteiger charge is -2.32. The second-order valence-electron chi connectivity index (χ2n) is 5.00. The van der Waals surface area contributed by atoms with Crippen molar-refractivity contribution in [1.82, 2.24) is 4.90 Å². The number of amides is 1. The van der Waals surface area contributed by atoms with Crippen molar-refractivity contribution in [2.75, 3.05) is 20.2 Å². The number of likely N-dealkylation sites (N-methyl/N-ethyl adjacent to an activating group) is 1. The Morgan fingerprint density at radius 3 is 2.83 bits per heavy atom. The number of aliphatic hydroxyl groups is 1. The molecule has 0 saturated heterocycles. The van der Waals surface area contributed by atoms with Crippen molar-refractivity contribution in [1.29, 1.82) is 0 Å². The molecule has 0 aromatic heterocycles. The Morgan fingerprint density at radius 2 is 2.11 bits per heavy atom. The van der Waals surface area contributed by atoms with Crippen LogP contribution < -0.4 is 0 Å². The van der Waals surface area contributed by atoms with Crippen molar-refractivity contribution in [2.45, 2.75) is 31.6 Å². The Balaban J connectivity index is 1.82. The number of carbonyl (C=O) groups excluding carboxylic acids is 1. The average Bonchev–Trinajstić information content (AvgIpc) is 2.35. The summed E-state index contributed by atoms with van der Waals surface area (Å²) < 4.78 is 0. The van der Waals surface area contributed by atoms with Gasteiger partial charge in [-0.1, -0.05) is 24.3 Å². The average molecular weight is 247 g/mol. The van der Waals surface area contributed by atoms with Gasteiger partial charge in [0.1, 0.15) is 0 Å². The molecule has 1 amide bonds. The summed E-state index contributed by atoms with van der Waals surface area (Å²) in [4.78, 5) is 14.1. The third kappa shape index (κ3) is 2.72. The molecule has 1 aromatic carbocycles. The van der Waals surface area contributed by atoms with E-state index in [9.17, 15) is 4.79 Å². The van der Waals surface area contributed by atoms with Crippen LogP contribution in [0.15, 0.2) is 24.3 Å². The van der Waals surface area contributed by atoms with Crippen LogP contribution >= 0.6 is 0 Å². The third-order valence-electron chi connectivity index (χ3n) is 3.68. The lowest BCUT2D eigenvalue weighted by atomic mass is 9.77. The second-order valence-corrected chi connectivity index (χ2v) is 5.00. The van der Waals surface area contributed by atoms with Gasteiger partial charge < -0.3 is 10.0 Å². The zero-order chi connectivity index (χ0) is 13.0. The minimum atomic E-state index is 0.0732. The Bertz CT molecular complexity index is 417. The highest BCUT2D eigenvalue weighted by Crippen LogP contribution is 2.35. The highest BCUT2D eigenvalue weighted by atomic mass is 16.2. The molecule has 1 N–H and O–H groups in total. The van der Waals surface area contributed by atoms with E-state index in [2.05, 4.69) is 12.1 Å². The number of hydrogen-bond acceptors (Lipinski definition) is 2. The van der Waals surface area contributed by atoms with Crippen molar-refractivity contribution in [3.8, 4) is 0 Å². The molecule has 1 unspecified atom stereocenters.